The summed E-state index contributed by atoms with van der Waals surface area (Å²) in [7, 11) is 0. The first-order valence-corrected chi connectivity index (χ1v) is 19.5. The molecule has 0 bridgehead atoms. The summed E-state index contributed by atoms with van der Waals surface area (Å²) in [6.45, 7) is 0. The van der Waals surface area contributed by atoms with Crippen molar-refractivity contribution in [2.75, 3.05) is 0 Å². The van der Waals surface area contributed by atoms with Crippen LogP contribution in [-0.2, 0) is 0 Å². The molecule has 0 saturated carbocycles. The number of hydrogen-bond donors (Lipinski definition) is 0. The molecule has 5 heteroatoms. The minimum Gasteiger partial charge on any atom is -0.455 e. The third-order valence-electron chi connectivity index (χ3n) is 10.5. The maximum Gasteiger partial charge on any atom is 0.164 e. The minimum absolute atomic E-state index is 0.600. The molecule has 0 radical (unpaired) electrons. The lowest BCUT2D eigenvalue weighted by atomic mass is 10.0. The first kappa shape index (κ1) is 32.2. The molecule has 0 amide bonds. The Morgan fingerprint density at radius 3 is 1.52 bits per heavy atom. The van der Waals surface area contributed by atoms with Crippen LogP contribution in [0.2, 0.25) is 0 Å². The molecule has 0 unspecified atom stereocenters. The maximum absolute atomic E-state index is 6.65. The molecule has 0 saturated heterocycles. The van der Waals surface area contributed by atoms with E-state index in [1.54, 1.807) is 0 Å². The molecule has 11 aromatic rings. The number of hydrogen-bond acceptors (Lipinski definition) is 5. The van der Waals surface area contributed by atoms with Gasteiger partial charge >= 0.3 is 0 Å². The molecule has 4 nitrogen and oxygen atoms in total. The molecule has 0 N–H and O–H groups in total. The van der Waals surface area contributed by atoms with E-state index in [0.717, 1.165) is 72.0 Å². The lowest BCUT2D eigenvalue weighted by Crippen LogP contribution is -2.00. The topological polar surface area (TPSA) is 51.8 Å². The van der Waals surface area contributed by atoms with Gasteiger partial charge in [0.25, 0.3) is 0 Å². The van der Waals surface area contributed by atoms with Gasteiger partial charge in [0.05, 0.1) is 0 Å². The van der Waals surface area contributed by atoms with Gasteiger partial charge in [0.1, 0.15) is 11.2 Å². The Kier molecular flexibility index (Phi) is 7.64. The Labute approximate surface area is 327 Å². The molecule has 3 aromatic heterocycles. The van der Waals surface area contributed by atoms with Crippen molar-refractivity contribution in [3.05, 3.63) is 188 Å². The van der Waals surface area contributed by atoms with Crippen LogP contribution in [0.15, 0.2) is 192 Å². The average molecular weight is 734 g/mol. The zero-order chi connectivity index (χ0) is 37.0. The van der Waals surface area contributed by atoms with Gasteiger partial charge in [-0.3, -0.25) is 0 Å². The summed E-state index contributed by atoms with van der Waals surface area (Å²) in [6.07, 6.45) is 0. The van der Waals surface area contributed by atoms with Gasteiger partial charge < -0.3 is 4.42 Å². The van der Waals surface area contributed by atoms with Crippen molar-refractivity contribution in [3.8, 4) is 67.5 Å². The summed E-state index contributed by atoms with van der Waals surface area (Å²) in [6, 6.07) is 65.6. The molecule has 8 aromatic carbocycles. The number of benzene rings is 8. The van der Waals surface area contributed by atoms with Crippen LogP contribution in [0.5, 0.6) is 0 Å². The zero-order valence-electron chi connectivity index (χ0n) is 30.1. The highest BCUT2D eigenvalue weighted by Gasteiger charge is 2.18. The van der Waals surface area contributed by atoms with Crippen LogP contribution in [0, 0.1) is 0 Å². The predicted octanol–water partition coefficient (Wildman–Crippen LogP) is 14.1. The molecule has 0 aliphatic rings. The second-order valence-electron chi connectivity index (χ2n) is 14.0. The Hall–Kier alpha value is -7.21. The number of thiophene rings is 1. The predicted molar refractivity (Wildman–Crippen MR) is 233 cm³/mol. The summed E-state index contributed by atoms with van der Waals surface area (Å²) in [4.78, 5) is 15.4. The average Bonchev–Trinajstić information content (AvgIpc) is 3.85. The largest absolute Gasteiger partial charge is 0.455 e. The fraction of sp³-hybridized carbons (Fsp3) is 0. The number of rotatable bonds is 6. The van der Waals surface area contributed by atoms with Crippen molar-refractivity contribution in [2.24, 2.45) is 0 Å². The molecule has 56 heavy (non-hydrogen) atoms. The van der Waals surface area contributed by atoms with Gasteiger partial charge in [-0.2, -0.15) is 0 Å². The second kappa shape index (κ2) is 13.3. The smallest absolute Gasteiger partial charge is 0.164 e. The third-order valence-corrected chi connectivity index (χ3v) is 11.7. The second-order valence-corrected chi connectivity index (χ2v) is 15.1. The van der Waals surface area contributed by atoms with E-state index >= 15 is 0 Å². The van der Waals surface area contributed by atoms with Crippen molar-refractivity contribution in [1.29, 1.82) is 0 Å². The molecule has 3 heterocycles. The van der Waals surface area contributed by atoms with Gasteiger partial charge in [0.15, 0.2) is 17.5 Å². The Morgan fingerprint density at radius 2 is 0.839 bits per heavy atom. The highest BCUT2D eigenvalue weighted by molar-refractivity contribution is 7.25. The highest BCUT2D eigenvalue weighted by Crippen LogP contribution is 2.41. The maximum atomic E-state index is 6.65. The SMILES string of the molecule is c1ccc(-c2cccc(-c3nc(-c4cccc(-c5ccccc5)c4)nc(-c4ccc5oc6c(-c7ccc8c(c7)sc7ccccc78)cccc6c5c4)n3)c2)cc1. The van der Waals surface area contributed by atoms with Crippen LogP contribution >= 0.6 is 11.3 Å². The monoisotopic (exact) mass is 733 g/mol. The third kappa shape index (κ3) is 5.65. The van der Waals surface area contributed by atoms with Crippen LogP contribution in [0.1, 0.15) is 0 Å². The summed E-state index contributed by atoms with van der Waals surface area (Å²) in [5, 5.41) is 4.65. The molecular formula is C51H31N3OS. The van der Waals surface area contributed by atoms with Gasteiger partial charge in [-0.25, -0.2) is 15.0 Å². The van der Waals surface area contributed by atoms with Gasteiger partial charge in [0.2, 0.25) is 0 Å². The van der Waals surface area contributed by atoms with Crippen molar-refractivity contribution in [1.82, 2.24) is 15.0 Å². The number of furan rings is 1. The van der Waals surface area contributed by atoms with E-state index in [-0.39, 0.29) is 0 Å². The molecule has 0 aliphatic carbocycles. The Balaban J connectivity index is 1.05. The summed E-state index contributed by atoms with van der Waals surface area (Å²) >= 11 is 1.83. The van der Waals surface area contributed by atoms with Crippen molar-refractivity contribution >= 4 is 53.4 Å². The van der Waals surface area contributed by atoms with Crippen molar-refractivity contribution in [3.63, 3.8) is 0 Å². The van der Waals surface area contributed by atoms with Gasteiger partial charge in [-0.05, 0) is 70.3 Å². The molecule has 0 spiro atoms. The van der Waals surface area contributed by atoms with E-state index in [0.29, 0.717) is 17.5 Å². The van der Waals surface area contributed by atoms with E-state index in [2.05, 4.69) is 170 Å². The standard InChI is InChI=1S/C51H31N3OS/c1-3-12-32(13-4-1)34-16-9-18-37(28-34)49-52-50(38-19-10-17-35(29-38)33-14-5-2-6-15-33)54-51(53-49)39-25-27-45-44(30-39)43-22-11-21-40(48(43)55-45)36-24-26-42-41-20-7-8-23-46(41)56-47(42)31-36/h1-31H. The molecular weight excluding hydrogens is 703 g/mol. The first-order chi connectivity index (χ1) is 27.7. The fourth-order valence-electron chi connectivity index (χ4n) is 7.76. The minimum atomic E-state index is 0.600. The highest BCUT2D eigenvalue weighted by atomic mass is 32.1. The molecule has 0 fully saturated rings. The zero-order valence-corrected chi connectivity index (χ0v) is 30.9. The summed E-state index contributed by atoms with van der Waals surface area (Å²) in [5.74, 6) is 1.83. The molecule has 0 aliphatic heterocycles. The van der Waals surface area contributed by atoms with Crippen molar-refractivity contribution in [2.45, 2.75) is 0 Å². The first-order valence-electron chi connectivity index (χ1n) is 18.7. The van der Waals surface area contributed by atoms with Crippen molar-refractivity contribution < 1.29 is 4.42 Å². The summed E-state index contributed by atoms with van der Waals surface area (Å²) in [5.41, 5.74) is 11.1. The lowest BCUT2D eigenvalue weighted by Gasteiger charge is -2.11. The molecule has 11 rings (SSSR count). The van der Waals surface area contributed by atoms with E-state index < -0.39 is 0 Å². The van der Waals surface area contributed by atoms with Gasteiger partial charge in [0, 0.05) is 53.2 Å². The Morgan fingerprint density at radius 1 is 0.321 bits per heavy atom. The van der Waals surface area contributed by atoms with Crippen LogP contribution in [0.3, 0.4) is 0 Å². The normalized spacial score (nSPS) is 11.6. The van der Waals surface area contributed by atoms with Crippen LogP contribution in [-0.4, -0.2) is 15.0 Å². The van der Waals surface area contributed by atoms with E-state index in [1.807, 2.05) is 29.5 Å². The quantitative estimate of drug-likeness (QED) is 0.171. The van der Waals surface area contributed by atoms with E-state index in [9.17, 15) is 0 Å². The van der Waals surface area contributed by atoms with Crippen LogP contribution < -0.4 is 0 Å². The van der Waals surface area contributed by atoms with Gasteiger partial charge in [-0.15, -0.1) is 11.3 Å². The fourth-order valence-corrected chi connectivity index (χ4v) is 8.90. The number of fused-ring (bicyclic) bond motifs is 6. The number of nitrogens with zero attached hydrogens (tertiary/aromatic N) is 3. The number of aromatic nitrogens is 3. The Bertz CT molecular complexity index is 3160. The summed E-state index contributed by atoms with van der Waals surface area (Å²) < 4.78 is 9.21. The van der Waals surface area contributed by atoms with Crippen LogP contribution in [0.25, 0.3) is 110 Å². The molecule has 0 atom stereocenters. The number of para-hydroxylation sites is 1. The lowest BCUT2D eigenvalue weighted by molar-refractivity contribution is 0.670. The van der Waals surface area contributed by atoms with E-state index in [1.165, 1.54) is 20.2 Å². The van der Waals surface area contributed by atoms with Crippen LogP contribution in [0.4, 0.5) is 0 Å². The molecule has 262 valence electrons. The van der Waals surface area contributed by atoms with E-state index in [4.69, 9.17) is 19.4 Å². The van der Waals surface area contributed by atoms with Gasteiger partial charge in [-0.1, -0.05) is 146 Å².